The van der Waals surface area contributed by atoms with Gasteiger partial charge in [0, 0.05) is 13.0 Å². The molecule has 5 nitrogen and oxygen atoms in total. The largest absolute Gasteiger partial charge is 0.465 e. The van der Waals surface area contributed by atoms with Gasteiger partial charge in [-0.3, -0.25) is 9.59 Å². The summed E-state index contributed by atoms with van der Waals surface area (Å²) in [5.74, 6) is 0.267. The van der Waals surface area contributed by atoms with Crippen molar-refractivity contribution < 1.29 is 14.3 Å². The van der Waals surface area contributed by atoms with E-state index in [2.05, 4.69) is 19.2 Å². The Morgan fingerprint density at radius 2 is 2.20 bits per heavy atom. The Hall–Kier alpha value is -0.810. The minimum Gasteiger partial charge on any atom is -0.465 e. The second-order valence-corrected chi connectivity index (χ2v) is 5.75. The molecule has 0 aromatic heterocycles. The van der Waals surface area contributed by atoms with Crippen molar-refractivity contribution in [2.24, 2.45) is 23.5 Å². The fourth-order valence-corrected chi connectivity index (χ4v) is 2.41. The summed E-state index contributed by atoms with van der Waals surface area (Å²) in [6.07, 6.45) is 3.02. The molecule has 3 N–H and O–H groups in total. The maximum absolute atomic E-state index is 11.7. The molecule has 0 aromatic carbocycles. The van der Waals surface area contributed by atoms with Gasteiger partial charge in [-0.2, -0.15) is 0 Å². The standard InChI is InChI=1S/C14H26N2O3.ClH/c1-10(2)6-11(8-15)7-13(17)19-9-12-4-3-5-16-14(12)18;/h10-12H,3-9,15H2,1-2H3,(H,16,18);1H/t11-,12?;/m0./s1. The van der Waals surface area contributed by atoms with Gasteiger partial charge in [-0.25, -0.2) is 0 Å². The molecule has 2 atom stereocenters. The third-order valence-electron chi connectivity index (χ3n) is 3.44. The Morgan fingerprint density at radius 3 is 2.75 bits per heavy atom. The fraction of sp³-hybridized carbons (Fsp3) is 0.857. The zero-order chi connectivity index (χ0) is 14.3. The van der Waals surface area contributed by atoms with Gasteiger partial charge in [-0.1, -0.05) is 13.8 Å². The molecule has 118 valence electrons. The number of rotatable bonds is 7. The van der Waals surface area contributed by atoms with E-state index in [4.69, 9.17) is 10.5 Å². The van der Waals surface area contributed by atoms with Crippen molar-refractivity contribution >= 4 is 24.3 Å². The third kappa shape index (κ3) is 7.10. The average molecular weight is 307 g/mol. The topological polar surface area (TPSA) is 81.4 Å². The highest BCUT2D eigenvalue weighted by Gasteiger charge is 2.24. The van der Waals surface area contributed by atoms with E-state index in [-0.39, 0.29) is 42.7 Å². The van der Waals surface area contributed by atoms with E-state index >= 15 is 0 Å². The second-order valence-electron chi connectivity index (χ2n) is 5.75. The van der Waals surface area contributed by atoms with Crippen LogP contribution in [0.2, 0.25) is 0 Å². The minimum atomic E-state index is -0.241. The molecule has 1 saturated heterocycles. The number of ether oxygens (including phenoxy) is 1. The van der Waals surface area contributed by atoms with Gasteiger partial charge in [0.25, 0.3) is 0 Å². The second kappa shape index (κ2) is 10.00. The van der Waals surface area contributed by atoms with Gasteiger partial charge >= 0.3 is 5.97 Å². The first-order valence-corrected chi connectivity index (χ1v) is 7.16. The predicted octanol–water partition coefficient (Wildman–Crippen LogP) is 1.49. The Balaban J connectivity index is 0.00000361. The molecule has 0 aromatic rings. The molecule has 6 heteroatoms. The first kappa shape index (κ1) is 19.2. The van der Waals surface area contributed by atoms with Gasteiger partial charge in [0.1, 0.15) is 6.61 Å². The van der Waals surface area contributed by atoms with Crippen LogP contribution in [-0.2, 0) is 14.3 Å². The van der Waals surface area contributed by atoms with Crippen molar-refractivity contribution in [1.29, 1.82) is 0 Å². The lowest BCUT2D eigenvalue weighted by Crippen LogP contribution is -2.39. The van der Waals surface area contributed by atoms with Crippen LogP contribution in [0.4, 0.5) is 0 Å². The smallest absolute Gasteiger partial charge is 0.306 e. The number of amides is 1. The SMILES string of the molecule is CC(C)C[C@H](CN)CC(=O)OCC1CCCNC1=O.Cl. The van der Waals surface area contributed by atoms with Crippen LogP contribution in [0.3, 0.4) is 0 Å². The van der Waals surface area contributed by atoms with Crippen LogP contribution in [0, 0.1) is 17.8 Å². The van der Waals surface area contributed by atoms with Gasteiger partial charge < -0.3 is 15.8 Å². The van der Waals surface area contributed by atoms with Gasteiger partial charge in [0.15, 0.2) is 0 Å². The molecular weight excluding hydrogens is 280 g/mol. The first-order valence-electron chi connectivity index (χ1n) is 7.16. The number of piperidine rings is 1. The van der Waals surface area contributed by atoms with Crippen LogP contribution in [-0.4, -0.2) is 31.6 Å². The summed E-state index contributed by atoms with van der Waals surface area (Å²) in [6, 6.07) is 0. The lowest BCUT2D eigenvalue weighted by atomic mass is 9.94. The number of nitrogens with two attached hydrogens (primary N) is 1. The summed E-state index contributed by atoms with van der Waals surface area (Å²) in [5.41, 5.74) is 5.66. The van der Waals surface area contributed by atoms with Gasteiger partial charge in [-0.05, 0) is 37.6 Å². The van der Waals surface area contributed by atoms with Crippen molar-refractivity contribution in [3.8, 4) is 0 Å². The van der Waals surface area contributed by atoms with Crippen molar-refractivity contribution in [3.05, 3.63) is 0 Å². The number of carbonyl (C=O) groups excluding carboxylic acids is 2. The quantitative estimate of drug-likeness (QED) is 0.698. The van der Waals surface area contributed by atoms with E-state index in [1.807, 2.05) is 0 Å². The molecule has 1 heterocycles. The van der Waals surface area contributed by atoms with Crippen LogP contribution in [0.5, 0.6) is 0 Å². The van der Waals surface area contributed by atoms with Crippen LogP contribution in [0.1, 0.15) is 39.5 Å². The van der Waals surface area contributed by atoms with Gasteiger partial charge in [0.2, 0.25) is 5.91 Å². The van der Waals surface area contributed by atoms with E-state index < -0.39 is 0 Å². The zero-order valence-electron chi connectivity index (χ0n) is 12.4. The number of nitrogens with one attached hydrogen (secondary N) is 1. The molecule has 1 amide bonds. The molecule has 20 heavy (non-hydrogen) atoms. The van der Waals surface area contributed by atoms with Crippen molar-refractivity contribution in [2.75, 3.05) is 19.7 Å². The maximum Gasteiger partial charge on any atom is 0.306 e. The molecule has 1 fully saturated rings. The Kier molecular flexibility index (Phi) is 9.59. The first-order chi connectivity index (χ1) is 9.02. The highest BCUT2D eigenvalue weighted by molar-refractivity contribution is 5.85. The van der Waals surface area contributed by atoms with Crippen LogP contribution < -0.4 is 11.1 Å². The molecule has 1 unspecified atom stereocenters. The molecule has 1 aliphatic heterocycles. The average Bonchev–Trinajstić information content (AvgIpc) is 2.36. The lowest BCUT2D eigenvalue weighted by molar-refractivity contribution is -0.148. The highest BCUT2D eigenvalue weighted by Crippen LogP contribution is 2.16. The van der Waals surface area contributed by atoms with Crippen LogP contribution >= 0.6 is 12.4 Å². The molecule has 1 rings (SSSR count). The Bertz CT molecular complexity index is 311. The maximum atomic E-state index is 11.7. The van der Waals surface area contributed by atoms with Gasteiger partial charge in [-0.15, -0.1) is 12.4 Å². The van der Waals surface area contributed by atoms with Crippen molar-refractivity contribution in [1.82, 2.24) is 5.32 Å². The molecule has 1 aliphatic rings. The van der Waals surface area contributed by atoms with Crippen molar-refractivity contribution in [2.45, 2.75) is 39.5 Å². The van der Waals surface area contributed by atoms with E-state index in [9.17, 15) is 9.59 Å². The van der Waals surface area contributed by atoms with E-state index in [1.165, 1.54) is 0 Å². The summed E-state index contributed by atoms with van der Waals surface area (Å²) >= 11 is 0. The number of esters is 1. The van der Waals surface area contributed by atoms with Crippen molar-refractivity contribution in [3.63, 3.8) is 0 Å². The summed E-state index contributed by atoms with van der Waals surface area (Å²) in [5, 5.41) is 2.78. The predicted molar refractivity (Wildman–Crippen MR) is 80.6 cm³/mol. The summed E-state index contributed by atoms with van der Waals surface area (Å²) < 4.78 is 5.21. The normalized spacial score (nSPS) is 20.0. The fourth-order valence-electron chi connectivity index (χ4n) is 2.41. The Labute approximate surface area is 127 Å². The number of hydrogen-bond acceptors (Lipinski definition) is 4. The summed E-state index contributed by atoms with van der Waals surface area (Å²) in [6.45, 7) is 5.65. The van der Waals surface area contributed by atoms with E-state index in [1.54, 1.807) is 0 Å². The number of carbonyl (C=O) groups is 2. The number of halogens is 1. The molecule has 0 saturated carbocycles. The molecule has 0 bridgehead atoms. The van der Waals surface area contributed by atoms with Crippen LogP contribution in [0.25, 0.3) is 0 Å². The zero-order valence-corrected chi connectivity index (χ0v) is 13.2. The highest BCUT2D eigenvalue weighted by atomic mass is 35.5. The molecule has 0 radical (unpaired) electrons. The minimum absolute atomic E-state index is 0. The van der Waals surface area contributed by atoms with E-state index in [0.717, 1.165) is 25.8 Å². The summed E-state index contributed by atoms with van der Waals surface area (Å²) in [4.78, 5) is 23.2. The number of hydrogen-bond donors (Lipinski definition) is 2. The molecule has 0 spiro atoms. The van der Waals surface area contributed by atoms with E-state index in [0.29, 0.717) is 18.9 Å². The van der Waals surface area contributed by atoms with Gasteiger partial charge in [0.05, 0.1) is 5.92 Å². The molecule has 0 aliphatic carbocycles. The molecular formula is C14H27ClN2O3. The monoisotopic (exact) mass is 306 g/mol. The van der Waals surface area contributed by atoms with Crippen LogP contribution in [0.15, 0.2) is 0 Å². The summed E-state index contributed by atoms with van der Waals surface area (Å²) in [7, 11) is 0. The third-order valence-corrected chi connectivity index (χ3v) is 3.44. The lowest BCUT2D eigenvalue weighted by Gasteiger charge is -2.22. The Morgan fingerprint density at radius 1 is 1.50 bits per heavy atom.